The zero-order chi connectivity index (χ0) is 17.2. The van der Waals surface area contributed by atoms with Crippen molar-refractivity contribution in [1.82, 2.24) is 10.3 Å². The number of nitrogens with one attached hydrogen (secondary N) is 1. The molecule has 3 N–H and O–H groups in total. The summed E-state index contributed by atoms with van der Waals surface area (Å²) in [6.45, 7) is 6.83. The first-order valence-electron chi connectivity index (χ1n) is 6.27. The predicted molar refractivity (Wildman–Crippen MR) is 86.5 cm³/mol. The van der Waals surface area contributed by atoms with Gasteiger partial charge in [0.15, 0.2) is 17.0 Å². The first-order chi connectivity index (χ1) is 9.94. The molecule has 0 aliphatic rings. The number of pyridine rings is 1. The number of halogens is 3. The summed E-state index contributed by atoms with van der Waals surface area (Å²) in [5, 5.41) is 2.27. The van der Waals surface area contributed by atoms with Gasteiger partial charge < -0.3 is 15.8 Å². The average Bonchev–Trinajstić information content (AvgIpc) is 2.38. The zero-order valence-corrected chi connectivity index (χ0v) is 14.7. The Hall–Kier alpha value is -1.24. The van der Waals surface area contributed by atoms with E-state index in [0.29, 0.717) is 0 Å². The molecule has 1 amide bonds. The van der Waals surface area contributed by atoms with Crippen molar-refractivity contribution in [2.75, 3.05) is 5.73 Å². The van der Waals surface area contributed by atoms with Crippen LogP contribution < -0.4 is 11.1 Å². The van der Waals surface area contributed by atoms with Crippen LogP contribution in [0.3, 0.4) is 0 Å². The second-order valence-corrected chi connectivity index (χ2v) is 6.69. The molecule has 1 rings (SSSR count). The number of nitrogens with two attached hydrogens (primary N) is 1. The molecule has 1 heterocycles. The van der Waals surface area contributed by atoms with Gasteiger partial charge in [0.2, 0.25) is 0 Å². The van der Waals surface area contributed by atoms with Gasteiger partial charge in [0.1, 0.15) is 5.02 Å². The second kappa shape index (κ2) is 6.89. The first-order valence-corrected chi connectivity index (χ1v) is 7.40. The number of hydrogen-bond acceptors (Lipinski definition) is 5. The maximum Gasteiger partial charge on any atom is 0.359 e. The van der Waals surface area contributed by atoms with E-state index in [4.69, 9.17) is 45.3 Å². The number of nitrogen functional groups attached to an aromatic ring is 1. The summed E-state index contributed by atoms with van der Waals surface area (Å²) in [4.78, 5) is 27.7. The number of aromatic nitrogens is 1. The van der Waals surface area contributed by atoms with Gasteiger partial charge in [-0.05, 0) is 27.7 Å². The number of hydrogen-bond donors (Lipinski definition) is 2. The molecule has 0 unspecified atom stereocenters. The number of ether oxygens (including phenoxy) is 1. The van der Waals surface area contributed by atoms with Crippen LogP contribution in [0, 0.1) is 0 Å². The molecule has 0 radical (unpaired) electrons. The number of amides is 1. The van der Waals surface area contributed by atoms with Crippen LogP contribution in [0.5, 0.6) is 0 Å². The Morgan fingerprint density at radius 2 is 1.77 bits per heavy atom. The minimum atomic E-state index is -1.04. The summed E-state index contributed by atoms with van der Waals surface area (Å²) in [5.74, 6) is -1.38. The topological polar surface area (TPSA) is 94.3 Å². The van der Waals surface area contributed by atoms with Crippen LogP contribution in [0.15, 0.2) is 0 Å². The Morgan fingerprint density at radius 1 is 1.23 bits per heavy atom. The lowest BCUT2D eigenvalue weighted by atomic mass is 10.1. The van der Waals surface area contributed by atoms with Crippen molar-refractivity contribution in [1.29, 1.82) is 0 Å². The number of carbonyl (C=O) groups is 2. The van der Waals surface area contributed by atoms with Crippen LogP contribution >= 0.6 is 34.8 Å². The SMILES string of the molecule is C[C@H](OC(=O)c1nc(Cl)c(Cl)c(N)c1Cl)C(=O)NC(C)(C)C. The van der Waals surface area contributed by atoms with Gasteiger partial charge in [0.05, 0.1) is 10.7 Å². The summed E-state index contributed by atoms with van der Waals surface area (Å²) in [5.41, 5.74) is 4.78. The molecule has 1 atom stereocenters. The number of rotatable bonds is 3. The van der Waals surface area contributed by atoms with Crippen molar-refractivity contribution in [2.24, 2.45) is 0 Å². The third kappa shape index (κ3) is 4.63. The number of anilines is 1. The molecule has 0 aliphatic heterocycles. The Bertz CT molecular complexity index is 615. The third-order valence-electron chi connectivity index (χ3n) is 2.42. The minimum Gasteiger partial charge on any atom is -0.448 e. The molecule has 0 spiro atoms. The van der Waals surface area contributed by atoms with E-state index in [1.54, 1.807) is 20.8 Å². The number of carbonyl (C=O) groups excluding carboxylic acids is 2. The molecule has 1 aromatic rings. The van der Waals surface area contributed by atoms with Crippen molar-refractivity contribution < 1.29 is 14.3 Å². The molecule has 0 bridgehead atoms. The molecule has 1 aromatic heterocycles. The second-order valence-electron chi connectivity index (χ2n) is 5.58. The minimum absolute atomic E-state index is 0.0539. The lowest BCUT2D eigenvalue weighted by Crippen LogP contribution is -2.46. The van der Waals surface area contributed by atoms with Crippen LogP contribution in [0.25, 0.3) is 0 Å². The standard InChI is InChI=1S/C13H16Cl3N3O3/c1-5(11(20)19-13(2,3)4)22-12(21)9-6(14)8(17)7(15)10(16)18-9/h5H,1-4H3,(H2,17,18)(H,19,20)/t5-/m0/s1. The number of nitrogens with zero attached hydrogens (tertiary/aromatic N) is 1. The molecule has 0 aliphatic carbocycles. The van der Waals surface area contributed by atoms with Crippen molar-refractivity contribution in [3.63, 3.8) is 0 Å². The van der Waals surface area contributed by atoms with Gasteiger partial charge in [0.25, 0.3) is 5.91 Å². The Kier molecular flexibility index (Phi) is 5.89. The van der Waals surface area contributed by atoms with Crippen LogP contribution in [-0.2, 0) is 9.53 Å². The van der Waals surface area contributed by atoms with Crippen molar-refractivity contribution in [3.05, 3.63) is 20.9 Å². The van der Waals surface area contributed by atoms with Gasteiger partial charge in [0, 0.05) is 5.54 Å². The highest BCUT2D eigenvalue weighted by Gasteiger charge is 2.26. The normalized spacial score (nSPS) is 12.7. The van der Waals surface area contributed by atoms with Crippen LogP contribution in [0.2, 0.25) is 15.2 Å². The lowest BCUT2D eigenvalue weighted by molar-refractivity contribution is -0.130. The monoisotopic (exact) mass is 367 g/mol. The molecule has 0 saturated heterocycles. The van der Waals surface area contributed by atoms with E-state index in [1.165, 1.54) is 6.92 Å². The maximum atomic E-state index is 12.1. The average molecular weight is 369 g/mol. The van der Waals surface area contributed by atoms with Gasteiger partial charge in [-0.2, -0.15) is 0 Å². The van der Waals surface area contributed by atoms with E-state index >= 15 is 0 Å². The summed E-state index contributed by atoms with van der Waals surface area (Å²) in [6, 6.07) is 0. The van der Waals surface area contributed by atoms with Crippen LogP contribution in [-0.4, -0.2) is 28.5 Å². The fraction of sp³-hybridized carbons (Fsp3) is 0.462. The molecule has 6 nitrogen and oxygen atoms in total. The molecule has 0 fully saturated rings. The maximum absolute atomic E-state index is 12.1. The van der Waals surface area contributed by atoms with Crippen LogP contribution in [0.1, 0.15) is 38.2 Å². The molecule has 9 heteroatoms. The molecular weight excluding hydrogens is 353 g/mol. The lowest BCUT2D eigenvalue weighted by Gasteiger charge is -2.23. The molecule has 122 valence electrons. The van der Waals surface area contributed by atoms with Crippen molar-refractivity contribution >= 4 is 52.4 Å². The van der Waals surface area contributed by atoms with E-state index < -0.39 is 23.5 Å². The van der Waals surface area contributed by atoms with E-state index in [-0.39, 0.29) is 26.6 Å². The van der Waals surface area contributed by atoms with Gasteiger partial charge in [-0.15, -0.1) is 0 Å². The summed E-state index contributed by atoms with van der Waals surface area (Å²) in [6.07, 6.45) is -1.04. The fourth-order valence-corrected chi connectivity index (χ4v) is 1.99. The van der Waals surface area contributed by atoms with Gasteiger partial charge in [-0.1, -0.05) is 34.8 Å². The van der Waals surface area contributed by atoms with Crippen LogP contribution in [0.4, 0.5) is 5.69 Å². The Balaban J connectivity index is 2.93. The van der Waals surface area contributed by atoms with Crippen molar-refractivity contribution in [3.8, 4) is 0 Å². The van der Waals surface area contributed by atoms with E-state index in [2.05, 4.69) is 10.3 Å². The third-order valence-corrected chi connectivity index (χ3v) is 3.55. The predicted octanol–water partition coefficient (Wildman–Crippen LogP) is 3.08. The number of esters is 1. The van der Waals surface area contributed by atoms with E-state index in [0.717, 1.165) is 0 Å². The fourth-order valence-electron chi connectivity index (χ4n) is 1.41. The summed E-state index contributed by atoms with van der Waals surface area (Å²) < 4.78 is 5.02. The molecule has 22 heavy (non-hydrogen) atoms. The highest BCUT2D eigenvalue weighted by atomic mass is 35.5. The molecule has 0 aromatic carbocycles. The first kappa shape index (κ1) is 18.8. The van der Waals surface area contributed by atoms with Gasteiger partial charge >= 0.3 is 5.97 Å². The highest BCUT2D eigenvalue weighted by molar-refractivity contribution is 6.46. The Morgan fingerprint density at radius 3 is 2.27 bits per heavy atom. The summed E-state index contributed by atoms with van der Waals surface area (Å²) in [7, 11) is 0. The highest BCUT2D eigenvalue weighted by Crippen LogP contribution is 2.34. The van der Waals surface area contributed by atoms with Crippen molar-refractivity contribution in [2.45, 2.75) is 39.3 Å². The molecular formula is C13H16Cl3N3O3. The summed E-state index contributed by atoms with van der Waals surface area (Å²) >= 11 is 17.4. The quantitative estimate of drug-likeness (QED) is 0.631. The van der Waals surface area contributed by atoms with Gasteiger partial charge in [-0.25, -0.2) is 9.78 Å². The zero-order valence-electron chi connectivity index (χ0n) is 12.5. The Labute approximate surface area is 143 Å². The molecule has 0 saturated carbocycles. The van der Waals surface area contributed by atoms with E-state index in [1.807, 2.05) is 0 Å². The van der Waals surface area contributed by atoms with Gasteiger partial charge in [-0.3, -0.25) is 4.79 Å². The largest absolute Gasteiger partial charge is 0.448 e. The smallest absolute Gasteiger partial charge is 0.359 e. The van der Waals surface area contributed by atoms with E-state index in [9.17, 15) is 9.59 Å².